The van der Waals surface area contributed by atoms with Gasteiger partial charge in [-0.2, -0.15) is 0 Å². The highest BCUT2D eigenvalue weighted by molar-refractivity contribution is 5.99. The Morgan fingerprint density at radius 2 is 1.77 bits per heavy atom. The molecular weight excluding hydrogens is 280 g/mol. The molecule has 0 atom stereocenters. The van der Waals surface area contributed by atoms with Gasteiger partial charge in [0.2, 0.25) is 5.90 Å². The van der Waals surface area contributed by atoms with Crippen LogP contribution in [0.4, 0.5) is 5.69 Å². The van der Waals surface area contributed by atoms with Crippen LogP contribution in [0.2, 0.25) is 0 Å². The van der Waals surface area contributed by atoms with Crippen LogP contribution in [0, 0.1) is 34.6 Å². The summed E-state index contributed by atoms with van der Waals surface area (Å²) in [7, 11) is 3.30. The van der Waals surface area contributed by atoms with Gasteiger partial charge in [0, 0.05) is 5.56 Å². The van der Waals surface area contributed by atoms with E-state index in [1.165, 1.54) is 0 Å². The number of aromatic nitrogens is 1. The third-order valence-corrected chi connectivity index (χ3v) is 3.89. The maximum Gasteiger partial charge on any atom is 0.221 e. The van der Waals surface area contributed by atoms with Gasteiger partial charge in [-0.1, -0.05) is 5.16 Å². The molecule has 2 aromatic rings. The van der Waals surface area contributed by atoms with Crippen molar-refractivity contribution in [2.75, 3.05) is 14.2 Å². The molecule has 0 unspecified atom stereocenters. The Labute approximate surface area is 130 Å². The summed E-state index contributed by atoms with van der Waals surface area (Å²) in [6.45, 7) is 9.79. The van der Waals surface area contributed by atoms with Gasteiger partial charge in [-0.15, -0.1) is 0 Å². The van der Waals surface area contributed by atoms with Crippen molar-refractivity contribution in [2.45, 2.75) is 34.6 Å². The van der Waals surface area contributed by atoms with E-state index in [4.69, 9.17) is 14.0 Å². The van der Waals surface area contributed by atoms with Gasteiger partial charge in [-0.05, 0) is 57.4 Å². The van der Waals surface area contributed by atoms with Gasteiger partial charge in [0.1, 0.15) is 17.1 Å². The molecule has 5 nitrogen and oxygen atoms in total. The monoisotopic (exact) mass is 302 g/mol. The molecule has 0 saturated heterocycles. The predicted octanol–water partition coefficient (Wildman–Crippen LogP) is 3.95. The van der Waals surface area contributed by atoms with E-state index in [0.29, 0.717) is 17.3 Å². The highest BCUT2D eigenvalue weighted by Crippen LogP contribution is 2.30. The first-order valence-electron chi connectivity index (χ1n) is 7.11. The Bertz CT molecular complexity index is 710. The Hall–Kier alpha value is -2.30. The Kier molecular flexibility index (Phi) is 4.54. The topological polar surface area (TPSA) is 56.9 Å². The fourth-order valence-corrected chi connectivity index (χ4v) is 2.53. The summed E-state index contributed by atoms with van der Waals surface area (Å²) in [6, 6.07) is 2.00. The summed E-state index contributed by atoms with van der Waals surface area (Å²) in [5.41, 5.74) is 5.64. The van der Waals surface area contributed by atoms with Gasteiger partial charge in [0.15, 0.2) is 5.76 Å². The number of aryl methyl sites for hydroxylation is 3. The molecular formula is C17H22N2O3. The number of rotatable bonds is 3. The van der Waals surface area contributed by atoms with Crippen LogP contribution in [0.3, 0.4) is 0 Å². The molecule has 0 fully saturated rings. The standard InChI is InChI=1S/C17H22N2O3/c1-9-8-14(20-6)10(2)11(3)15(9)17(21-7)18-16-12(4)19-22-13(16)5/h8H,1-7H3. The lowest BCUT2D eigenvalue weighted by atomic mass is 9.97. The quantitative estimate of drug-likeness (QED) is 0.636. The molecule has 1 aromatic carbocycles. The lowest BCUT2D eigenvalue weighted by Gasteiger charge is -2.16. The van der Waals surface area contributed by atoms with E-state index in [1.54, 1.807) is 14.2 Å². The first-order valence-corrected chi connectivity index (χ1v) is 7.11. The van der Waals surface area contributed by atoms with Crippen LogP contribution in [-0.2, 0) is 4.74 Å². The van der Waals surface area contributed by atoms with Crippen molar-refractivity contribution in [1.29, 1.82) is 0 Å². The maximum atomic E-state index is 5.55. The maximum absolute atomic E-state index is 5.55. The number of nitrogens with zero attached hydrogens (tertiary/aromatic N) is 2. The third-order valence-electron chi connectivity index (χ3n) is 3.89. The predicted molar refractivity (Wildman–Crippen MR) is 86.4 cm³/mol. The highest BCUT2D eigenvalue weighted by atomic mass is 16.5. The first kappa shape index (κ1) is 16.1. The van der Waals surface area contributed by atoms with E-state index in [-0.39, 0.29) is 0 Å². The van der Waals surface area contributed by atoms with E-state index in [0.717, 1.165) is 33.7 Å². The van der Waals surface area contributed by atoms with E-state index in [9.17, 15) is 0 Å². The number of benzene rings is 1. The SMILES string of the molecule is COC(=Nc1c(C)noc1C)c1c(C)cc(OC)c(C)c1C. The summed E-state index contributed by atoms with van der Waals surface area (Å²) in [4.78, 5) is 4.62. The van der Waals surface area contributed by atoms with Gasteiger partial charge in [0.05, 0.1) is 14.2 Å². The number of methoxy groups -OCH3 is 2. The molecule has 1 heterocycles. The van der Waals surface area contributed by atoms with Crippen molar-refractivity contribution in [1.82, 2.24) is 5.16 Å². The Morgan fingerprint density at radius 1 is 1.09 bits per heavy atom. The van der Waals surface area contributed by atoms with Crippen LogP contribution in [0.1, 0.15) is 33.7 Å². The fraction of sp³-hybridized carbons (Fsp3) is 0.412. The molecule has 22 heavy (non-hydrogen) atoms. The first-order chi connectivity index (χ1) is 10.4. The number of aliphatic imine (C=N–C) groups is 1. The van der Waals surface area contributed by atoms with Crippen molar-refractivity contribution in [2.24, 2.45) is 4.99 Å². The summed E-state index contributed by atoms with van der Waals surface area (Å²) in [5, 5.41) is 3.93. The fourth-order valence-electron chi connectivity index (χ4n) is 2.53. The average Bonchev–Trinajstić information content (AvgIpc) is 2.81. The van der Waals surface area contributed by atoms with Crippen molar-refractivity contribution in [3.63, 3.8) is 0 Å². The average molecular weight is 302 g/mol. The normalized spacial score (nSPS) is 11.7. The molecule has 0 radical (unpaired) electrons. The van der Waals surface area contributed by atoms with Gasteiger partial charge < -0.3 is 14.0 Å². The number of hydrogen-bond acceptors (Lipinski definition) is 5. The largest absolute Gasteiger partial charge is 0.496 e. The minimum atomic E-state index is 0.551. The van der Waals surface area contributed by atoms with Crippen LogP contribution in [-0.4, -0.2) is 25.3 Å². The minimum absolute atomic E-state index is 0.551. The Balaban J connectivity index is 2.65. The summed E-state index contributed by atoms with van der Waals surface area (Å²) < 4.78 is 16.1. The molecule has 0 amide bonds. The van der Waals surface area contributed by atoms with Gasteiger partial charge in [-0.3, -0.25) is 0 Å². The molecule has 0 aliphatic carbocycles. The summed E-state index contributed by atoms with van der Waals surface area (Å²) in [6.07, 6.45) is 0. The summed E-state index contributed by atoms with van der Waals surface area (Å²) in [5.74, 6) is 2.09. The second-order valence-electron chi connectivity index (χ2n) is 5.31. The van der Waals surface area contributed by atoms with E-state index in [1.807, 2.05) is 40.7 Å². The van der Waals surface area contributed by atoms with Gasteiger partial charge in [0.25, 0.3) is 0 Å². The van der Waals surface area contributed by atoms with Crippen molar-refractivity contribution >= 4 is 11.6 Å². The van der Waals surface area contributed by atoms with E-state index >= 15 is 0 Å². The zero-order valence-corrected chi connectivity index (χ0v) is 14.2. The molecule has 5 heteroatoms. The molecule has 0 aliphatic heterocycles. The van der Waals surface area contributed by atoms with Crippen LogP contribution >= 0.6 is 0 Å². The third kappa shape index (κ3) is 2.71. The second-order valence-corrected chi connectivity index (χ2v) is 5.31. The molecule has 0 spiro atoms. The molecule has 118 valence electrons. The van der Waals surface area contributed by atoms with Gasteiger partial charge >= 0.3 is 0 Å². The van der Waals surface area contributed by atoms with Crippen molar-refractivity contribution < 1.29 is 14.0 Å². The molecule has 0 N–H and O–H groups in total. The zero-order chi connectivity index (χ0) is 16.4. The number of ether oxygens (including phenoxy) is 2. The smallest absolute Gasteiger partial charge is 0.221 e. The zero-order valence-electron chi connectivity index (χ0n) is 14.2. The van der Waals surface area contributed by atoms with Crippen LogP contribution < -0.4 is 4.74 Å². The van der Waals surface area contributed by atoms with Crippen LogP contribution in [0.15, 0.2) is 15.6 Å². The lowest BCUT2D eigenvalue weighted by Crippen LogP contribution is -2.10. The summed E-state index contributed by atoms with van der Waals surface area (Å²) >= 11 is 0. The molecule has 0 saturated carbocycles. The van der Waals surface area contributed by atoms with Crippen LogP contribution in [0.5, 0.6) is 5.75 Å². The van der Waals surface area contributed by atoms with Crippen LogP contribution in [0.25, 0.3) is 0 Å². The molecule has 0 aliphatic rings. The molecule has 1 aromatic heterocycles. The number of hydrogen-bond donors (Lipinski definition) is 0. The second kappa shape index (κ2) is 6.22. The molecule has 2 rings (SSSR count). The molecule has 0 bridgehead atoms. The van der Waals surface area contributed by atoms with Crippen molar-refractivity contribution in [3.05, 3.63) is 39.8 Å². The Morgan fingerprint density at radius 3 is 2.27 bits per heavy atom. The minimum Gasteiger partial charge on any atom is -0.496 e. The van der Waals surface area contributed by atoms with Gasteiger partial charge in [-0.25, -0.2) is 4.99 Å². The lowest BCUT2D eigenvalue weighted by molar-refractivity contribution is 0.392. The van der Waals surface area contributed by atoms with E-state index < -0.39 is 0 Å². The highest BCUT2D eigenvalue weighted by Gasteiger charge is 2.18. The van der Waals surface area contributed by atoms with Crippen molar-refractivity contribution in [3.8, 4) is 5.75 Å². The van der Waals surface area contributed by atoms with E-state index in [2.05, 4.69) is 10.1 Å².